The molecule has 1 aliphatic heterocycles. The van der Waals surface area contributed by atoms with Gasteiger partial charge in [0.25, 0.3) is 5.84 Å². The van der Waals surface area contributed by atoms with Crippen LogP contribution >= 0.6 is 0 Å². The predicted octanol–water partition coefficient (Wildman–Crippen LogP) is 1.66. The minimum Gasteiger partial charge on any atom is -0.397 e. The summed E-state index contributed by atoms with van der Waals surface area (Å²) >= 11 is 0. The molecule has 0 fully saturated rings. The van der Waals surface area contributed by atoms with Crippen LogP contribution in [-0.2, 0) is 0 Å². The van der Waals surface area contributed by atoms with E-state index in [1.165, 1.54) is 0 Å². The van der Waals surface area contributed by atoms with Gasteiger partial charge < -0.3 is 11.1 Å². The van der Waals surface area contributed by atoms with Gasteiger partial charge in [-0.05, 0) is 18.6 Å². The van der Waals surface area contributed by atoms with Gasteiger partial charge in [0.2, 0.25) is 0 Å². The topological polar surface area (TPSA) is 64.2 Å². The fourth-order valence-electron chi connectivity index (χ4n) is 1.79. The average molecular weight is 230 g/mol. The number of hydrogen-bond acceptors (Lipinski definition) is 4. The highest BCUT2D eigenvalue weighted by atomic mass is 15.0. The van der Waals surface area contributed by atoms with E-state index in [9.17, 15) is 0 Å². The van der Waals surface area contributed by atoms with Crippen molar-refractivity contribution in [1.82, 2.24) is 10.3 Å². The zero-order chi connectivity index (χ0) is 12.1. The Morgan fingerprint density at radius 2 is 2.24 bits per heavy atom. The summed E-state index contributed by atoms with van der Waals surface area (Å²) in [6.07, 6.45) is 5.52. The van der Waals surface area contributed by atoms with E-state index in [0.29, 0.717) is 6.04 Å². The molecule has 1 unspecified atom stereocenters. The number of nitrogens with one attached hydrogen (secondary N) is 2. The van der Waals surface area contributed by atoms with Gasteiger partial charge in [-0.15, -0.1) is 0 Å². The Kier molecular flexibility index (Phi) is 3.65. The van der Waals surface area contributed by atoms with Crippen LogP contribution in [0.2, 0.25) is 0 Å². The van der Waals surface area contributed by atoms with Gasteiger partial charge in [0.15, 0.2) is 6.20 Å². The minimum atomic E-state index is 0.339. The molecule has 4 N–H and O–H groups in total. The van der Waals surface area contributed by atoms with Crippen molar-refractivity contribution in [2.75, 3.05) is 11.1 Å². The summed E-state index contributed by atoms with van der Waals surface area (Å²) in [5.74, 6) is 0.999. The molecule has 4 heteroatoms. The number of amidine groups is 1. The first-order valence-electron chi connectivity index (χ1n) is 5.89. The molecular formula is C13H18N4+. The third kappa shape index (κ3) is 3.00. The molecule has 1 heterocycles. The van der Waals surface area contributed by atoms with Gasteiger partial charge >= 0.3 is 0 Å². The lowest BCUT2D eigenvalue weighted by molar-refractivity contribution is 0.715. The molecule has 0 saturated carbocycles. The number of rotatable bonds is 5. The van der Waals surface area contributed by atoms with Crippen LogP contribution < -0.4 is 21.4 Å². The molecule has 1 aliphatic rings. The third-order valence-corrected chi connectivity index (χ3v) is 2.81. The number of aliphatic imine (C=N–C) groups is 1. The maximum atomic E-state index is 5.91. The summed E-state index contributed by atoms with van der Waals surface area (Å²) in [5, 5.41) is 6.57. The first-order chi connectivity index (χ1) is 8.29. The summed E-state index contributed by atoms with van der Waals surface area (Å²) in [6.45, 7) is 2.15. The van der Waals surface area contributed by atoms with Crippen LogP contribution in [0.5, 0.6) is 0 Å². The molecule has 0 aromatic heterocycles. The van der Waals surface area contributed by atoms with Crippen molar-refractivity contribution < 1.29 is 0 Å². The van der Waals surface area contributed by atoms with Crippen LogP contribution in [0, 0.1) is 0 Å². The van der Waals surface area contributed by atoms with Crippen molar-refractivity contribution >= 4 is 17.2 Å². The number of anilines is 2. The van der Waals surface area contributed by atoms with Gasteiger partial charge in [0.05, 0.1) is 17.8 Å². The first-order valence-corrected chi connectivity index (χ1v) is 5.89. The van der Waals surface area contributed by atoms with E-state index in [-0.39, 0.29) is 0 Å². The van der Waals surface area contributed by atoms with Gasteiger partial charge in [-0.2, -0.15) is 0 Å². The molecule has 2 rings (SSSR count). The van der Waals surface area contributed by atoms with Gasteiger partial charge in [-0.1, -0.05) is 24.0 Å². The van der Waals surface area contributed by atoms with Crippen molar-refractivity contribution in [3.8, 4) is 0 Å². The Bertz CT molecular complexity index is 437. The quantitative estimate of drug-likeness (QED) is 0.674. The molecule has 0 bridgehead atoms. The number of para-hydroxylation sites is 2. The standard InChI is InChI=1S/C13H18N4/c1-2-10(9-13-15-7-8-16-13)17-12-6-4-3-5-11(12)14/h3-8,10,15,17H,2,9,14H2,1H3/q+1. The molecule has 0 amide bonds. The van der Waals surface area contributed by atoms with Gasteiger partial charge in [0.1, 0.15) is 6.20 Å². The highest BCUT2D eigenvalue weighted by Gasteiger charge is 2.18. The summed E-state index contributed by atoms with van der Waals surface area (Å²) in [6, 6.07) is 8.17. The fraction of sp³-hybridized carbons (Fsp3) is 0.308. The van der Waals surface area contributed by atoms with Crippen molar-refractivity contribution in [1.29, 1.82) is 0 Å². The van der Waals surface area contributed by atoms with Gasteiger partial charge in [-0.3, -0.25) is 0 Å². The predicted molar refractivity (Wildman–Crippen MR) is 72.6 cm³/mol. The molecule has 0 saturated heterocycles. The number of nitrogens with zero attached hydrogens (tertiary/aromatic N) is 1. The van der Waals surface area contributed by atoms with Crippen molar-refractivity contribution in [3.63, 3.8) is 0 Å². The molecule has 1 aromatic rings. The molecule has 1 atom stereocenters. The van der Waals surface area contributed by atoms with E-state index in [1.54, 1.807) is 6.20 Å². The highest BCUT2D eigenvalue weighted by molar-refractivity contribution is 5.85. The lowest BCUT2D eigenvalue weighted by Gasteiger charge is -2.17. The number of benzene rings is 1. The Morgan fingerprint density at radius 1 is 1.41 bits per heavy atom. The second-order valence-electron chi connectivity index (χ2n) is 4.08. The van der Waals surface area contributed by atoms with Gasteiger partial charge in [0, 0.05) is 6.04 Å². The highest BCUT2D eigenvalue weighted by Crippen LogP contribution is 2.19. The van der Waals surface area contributed by atoms with E-state index < -0.39 is 0 Å². The molecule has 4 nitrogen and oxygen atoms in total. The molecule has 89 valence electrons. The van der Waals surface area contributed by atoms with Crippen LogP contribution in [0.1, 0.15) is 19.8 Å². The summed E-state index contributed by atoms with van der Waals surface area (Å²) in [7, 11) is 0. The lowest BCUT2D eigenvalue weighted by atomic mass is 10.1. The van der Waals surface area contributed by atoms with E-state index in [0.717, 1.165) is 30.1 Å². The molecular weight excluding hydrogens is 212 g/mol. The van der Waals surface area contributed by atoms with E-state index in [1.807, 2.05) is 30.5 Å². The maximum Gasteiger partial charge on any atom is 0.298 e. The van der Waals surface area contributed by atoms with Crippen LogP contribution in [0.3, 0.4) is 0 Å². The average Bonchev–Trinajstić information content (AvgIpc) is 2.84. The van der Waals surface area contributed by atoms with E-state index in [4.69, 9.17) is 5.73 Å². The third-order valence-electron chi connectivity index (χ3n) is 2.81. The maximum absolute atomic E-state index is 5.91. The van der Waals surface area contributed by atoms with Crippen LogP contribution in [0.25, 0.3) is 0 Å². The van der Waals surface area contributed by atoms with Crippen LogP contribution in [0.4, 0.5) is 11.4 Å². The molecule has 17 heavy (non-hydrogen) atoms. The van der Waals surface area contributed by atoms with Crippen LogP contribution in [-0.4, -0.2) is 11.9 Å². The molecule has 0 spiro atoms. The van der Waals surface area contributed by atoms with Crippen molar-refractivity contribution in [3.05, 3.63) is 36.7 Å². The Hall–Kier alpha value is -1.97. The summed E-state index contributed by atoms with van der Waals surface area (Å²) in [5.41, 5.74) is 7.69. The first kappa shape index (κ1) is 11.5. The Balaban J connectivity index is 1.98. The number of nitrogen functional groups attached to an aromatic ring is 1. The number of nitrogens with two attached hydrogens (primary N) is 1. The molecule has 1 aromatic carbocycles. The van der Waals surface area contributed by atoms with E-state index in [2.05, 4.69) is 22.5 Å². The summed E-state index contributed by atoms with van der Waals surface area (Å²) < 4.78 is 0. The van der Waals surface area contributed by atoms with Gasteiger partial charge in [-0.25, -0.2) is 5.32 Å². The van der Waals surface area contributed by atoms with Crippen LogP contribution in [0.15, 0.2) is 36.7 Å². The Labute approximate surface area is 102 Å². The smallest absolute Gasteiger partial charge is 0.298 e. The Morgan fingerprint density at radius 3 is 2.88 bits per heavy atom. The molecule has 0 aliphatic carbocycles. The second-order valence-corrected chi connectivity index (χ2v) is 4.08. The minimum absolute atomic E-state index is 0.339. The zero-order valence-corrected chi connectivity index (χ0v) is 9.98. The normalized spacial score (nSPS) is 15.2. The molecule has 1 radical (unpaired) electrons. The fourth-order valence-corrected chi connectivity index (χ4v) is 1.79. The van der Waals surface area contributed by atoms with Crippen molar-refractivity contribution in [2.24, 2.45) is 0 Å². The summed E-state index contributed by atoms with van der Waals surface area (Å²) in [4.78, 5) is 4.24. The second kappa shape index (κ2) is 5.39. The zero-order valence-electron chi connectivity index (χ0n) is 9.98. The largest absolute Gasteiger partial charge is 0.397 e. The monoisotopic (exact) mass is 230 g/mol. The number of hydrogen-bond donors (Lipinski definition) is 3. The SMILES string of the molecule is CCC(CC1=[N+]C=CN1)Nc1ccccc1N. The van der Waals surface area contributed by atoms with Crippen molar-refractivity contribution in [2.45, 2.75) is 25.8 Å². The lowest BCUT2D eigenvalue weighted by Crippen LogP contribution is -2.28. The van der Waals surface area contributed by atoms with E-state index >= 15 is 0 Å².